The monoisotopic (exact) mass is 331 g/mol. The number of aryl methyl sites for hydroxylation is 1. The summed E-state index contributed by atoms with van der Waals surface area (Å²) >= 11 is 6.28. The lowest BCUT2D eigenvalue weighted by molar-refractivity contribution is 0.0957. The van der Waals surface area contributed by atoms with Gasteiger partial charge in [0, 0.05) is 50.9 Å². The number of hydrogen-bond acceptors (Lipinski definition) is 5. The fourth-order valence-corrected chi connectivity index (χ4v) is 3.27. The molecule has 1 fully saturated rings. The van der Waals surface area contributed by atoms with Crippen LogP contribution >= 0.6 is 11.6 Å². The van der Waals surface area contributed by atoms with Crippen molar-refractivity contribution >= 4 is 11.6 Å². The highest BCUT2D eigenvalue weighted by molar-refractivity contribution is 6.31. The number of methoxy groups -OCH3 is 1. The van der Waals surface area contributed by atoms with Gasteiger partial charge in [0.1, 0.15) is 0 Å². The van der Waals surface area contributed by atoms with E-state index in [9.17, 15) is 0 Å². The first-order valence-corrected chi connectivity index (χ1v) is 7.78. The maximum atomic E-state index is 8.92. The minimum absolute atomic E-state index is 0.0869. The molecular formula is C16H18ClN5O. The van der Waals surface area contributed by atoms with Gasteiger partial charge in [0.25, 0.3) is 0 Å². The van der Waals surface area contributed by atoms with E-state index in [0.717, 1.165) is 30.9 Å². The Bertz CT molecular complexity index is 738. The predicted molar refractivity (Wildman–Crippen MR) is 86.0 cm³/mol. The molecule has 2 heterocycles. The first kappa shape index (κ1) is 15.9. The van der Waals surface area contributed by atoms with Gasteiger partial charge in [-0.2, -0.15) is 5.26 Å². The van der Waals surface area contributed by atoms with Crippen molar-refractivity contribution in [2.24, 2.45) is 7.05 Å². The van der Waals surface area contributed by atoms with Gasteiger partial charge >= 0.3 is 0 Å². The van der Waals surface area contributed by atoms with Gasteiger partial charge in [-0.15, -0.1) is 5.10 Å². The molecule has 7 heteroatoms. The van der Waals surface area contributed by atoms with Gasteiger partial charge in [0.2, 0.25) is 0 Å². The minimum atomic E-state index is 0.0869. The van der Waals surface area contributed by atoms with Crippen molar-refractivity contribution in [3.05, 3.63) is 46.2 Å². The molecule has 2 atom stereocenters. The van der Waals surface area contributed by atoms with Gasteiger partial charge in [0.15, 0.2) is 0 Å². The van der Waals surface area contributed by atoms with Gasteiger partial charge in [-0.3, -0.25) is 9.58 Å². The minimum Gasteiger partial charge on any atom is -0.379 e. The van der Waals surface area contributed by atoms with Crippen LogP contribution in [0.3, 0.4) is 0 Å². The van der Waals surface area contributed by atoms with E-state index in [1.165, 1.54) is 0 Å². The number of nitrogens with zero attached hydrogens (tertiary/aromatic N) is 5. The topological polar surface area (TPSA) is 67.0 Å². The fraction of sp³-hybridized carbons (Fsp3) is 0.438. The van der Waals surface area contributed by atoms with Crippen LogP contribution in [0.1, 0.15) is 22.7 Å². The second kappa shape index (κ2) is 6.67. The Morgan fingerprint density at radius 3 is 2.87 bits per heavy atom. The van der Waals surface area contributed by atoms with Gasteiger partial charge in [-0.1, -0.05) is 22.9 Å². The van der Waals surface area contributed by atoms with E-state index >= 15 is 0 Å². The van der Waals surface area contributed by atoms with Crippen LogP contribution in [0.4, 0.5) is 0 Å². The molecule has 3 rings (SSSR count). The van der Waals surface area contributed by atoms with E-state index in [0.29, 0.717) is 10.6 Å². The lowest BCUT2D eigenvalue weighted by atomic mass is 10.0. The lowest BCUT2D eigenvalue weighted by Crippen LogP contribution is -2.22. The maximum Gasteiger partial charge on any atom is 0.0992 e. The number of aromatic nitrogens is 3. The first-order valence-electron chi connectivity index (χ1n) is 7.40. The molecular weight excluding hydrogens is 314 g/mol. The van der Waals surface area contributed by atoms with Crippen LogP contribution in [-0.2, 0) is 18.3 Å². The van der Waals surface area contributed by atoms with Gasteiger partial charge in [-0.05, 0) is 17.7 Å². The molecule has 0 bridgehead atoms. The number of halogens is 1. The highest BCUT2D eigenvalue weighted by Gasteiger charge is 2.35. The molecule has 0 saturated carbocycles. The van der Waals surface area contributed by atoms with Crippen molar-refractivity contribution in [3.63, 3.8) is 0 Å². The standard InChI is InChI=1S/C16H18ClN5O/c1-21-9-15(19-20-21)13-8-22(10-16(13)23-2)7-12-4-3-11(6-18)5-14(12)17/h3-5,9,13,16H,7-8,10H2,1-2H3/t13-,16+/m0/s1. The third kappa shape index (κ3) is 3.37. The highest BCUT2D eigenvalue weighted by atomic mass is 35.5. The molecule has 0 N–H and O–H groups in total. The second-order valence-corrected chi connectivity index (χ2v) is 6.22. The third-order valence-electron chi connectivity index (χ3n) is 4.22. The first-order chi connectivity index (χ1) is 11.1. The SMILES string of the molecule is CO[C@@H]1CN(Cc2ccc(C#N)cc2Cl)C[C@H]1c1cn(C)nn1. The van der Waals surface area contributed by atoms with Crippen molar-refractivity contribution in [2.75, 3.05) is 20.2 Å². The summed E-state index contributed by atoms with van der Waals surface area (Å²) in [6, 6.07) is 7.52. The number of benzene rings is 1. The zero-order chi connectivity index (χ0) is 16.4. The van der Waals surface area contributed by atoms with Crippen LogP contribution in [0, 0.1) is 11.3 Å². The lowest BCUT2D eigenvalue weighted by Gasteiger charge is -2.16. The maximum absolute atomic E-state index is 8.92. The second-order valence-electron chi connectivity index (χ2n) is 5.81. The van der Waals surface area contributed by atoms with Crippen LogP contribution < -0.4 is 0 Å². The van der Waals surface area contributed by atoms with Crippen molar-refractivity contribution in [1.29, 1.82) is 5.26 Å². The van der Waals surface area contributed by atoms with Crippen molar-refractivity contribution < 1.29 is 4.74 Å². The molecule has 23 heavy (non-hydrogen) atoms. The largest absolute Gasteiger partial charge is 0.379 e. The van der Waals surface area contributed by atoms with Crippen molar-refractivity contribution in [2.45, 2.75) is 18.6 Å². The number of rotatable bonds is 4. The summed E-state index contributed by atoms with van der Waals surface area (Å²) in [6.45, 7) is 2.38. The van der Waals surface area contributed by atoms with Crippen LogP contribution in [0.15, 0.2) is 24.4 Å². The van der Waals surface area contributed by atoms with E-state index < -0.39 is 0 Å². The van der Waals surface area contributed by atoms with E-state index in [-0.39, 0.29) is 12.0 Å². The predicted octanol–water partition coefficient (Wildman–Crippen LogP) is 1.95. The normalized spacial score (nSPS) is 21.5. The highest BCUT2D eigenvalue weighted by Crippen LogP contribution is 2.30. The van der Waals surface area contributed by atoms with Gasteiger partial charge in [0.05, 0.1) is 23.4 Å². The molecule has 0 amide bonds. The van der Waals surface area contributed by atoms with Crippen molar-refractivity contribution in [1.82, 2.24) is 19.9 Å². The Morgan fingerprint density at radius 2 is 2.26 bits per heavy atom. The average Bonchev–Trinajstić information content (AvgIpc) is 3.15. The Labute approximate surface area is 140 Å². The number of hydrogen-bond donors (Lipinski definition) is 0. The molecule has 0 aliphatic carbocycles. The molecule has 1 aromatic heterocycles. The molecule has 1 aliphatic heterocycles. The quantitative estimate of drug-likeness (QED) is 0.856. The van der Waals surface area contributed by atoms with Crippen LogP contribution in [0.25, 0.3) is 0 Å². The third-order valence-corrected chi connectivity index (χ3v) is 4.57. The Balaban J connectivity index is 1.74. The Hall–Kier alpha value is -1.94. The summed E-state index contributed by atoms with van der Waals surface area (Å²) in [4.78, 5) is 2.29. The van der Waals surface area contributed by atoms with E-state index in [1.54, 1.807) is 23.9 Å². The van der Waals surface area contributed by atoms with Gasteiger partial charge in [-0.25, -0.2) is 0 Å². The molecule has 0 unspecified atom stereocenters. The van der Waals surface area contributed by atoms with E-state index in [1.807, 2.05) is 19.3 Å². The Kier molecular flexibility index (Phi) is 4.62. The summed E-state index contributed by atoms with van der Waals surface area (Å²) in [7, 11) is 3.59. The molecule has 2 aromatic rings. The zero-order valence-corrected chi connectivity index (χ0v) is 13.9. The van der Waals surface area contributed by atoms with Crippen molar-refractivity contribution in [3.8, 4) is 6.07 Å². The number of ether oxygens (including phenoxy) is 1. The smallest absolute Gasteiger partial charge is 0.0992 e. The summed E-state index contributed by atoms with van der Waals surface area (Å²) < 4.78 is 7.34. The number of likely N-dealkylation sites (tertiary alicyclic amines) is 1. The average molecular weight is 332 g/mol. The summed E-state index contributed by atoms with van der Waals surface area (Å²) in [5.74, 6) is 0.200. The molecule has 0 radical (unpaired) electrons. The number of nitriles is 1. The van der Waals surface area contributed by atoms with Gasteiger partial charge < -0.3 is 4.74 Å². The summed E-state index contributed by atoms with van der Waals surface area (Å²) in [5.41, 5.74) is 2.54. The molecule has 1 saturated heterocycles. The van der Waals surface area contributed by atoms with Crippen LogP contribution in [-0.4, -0.2) is 46.2 Å². The van der Waals surface area contributed by atoms with Crippen LogP contribution in [0.2, 0.25) is 5.02 Å². The van der Waals surface area contributed by atoms with E-state index in [2.05, 4.69) is 21.3 Å². The fourth-order valence-electron chi connectivity index (χ4n) is 3.03. The molecule has 1 aliphatic rings. The molecule has 120 valence electrons. The molecule has 6 nitrogen and oxygen atoms in total. The Morgan fingerprint density at radius 1 is 1.43 bits per heavy atom. The molecule has 1 aromatic carbocycles. The zero-order valence-electron chi connectivity index (χ0n) is 13.1. The summed E-state index contributed by atoms with van der Waals surface area (Å²) in [5, 5.41) is 17.8. The van der Waals surface area contributed by atoms with Crippen LogP contribution in [0.5, 0.6) is 0 Å². The molecule has 0 spiro atoms. The summed E-state index contributed by atoms with van der Waals surface area (Å²) in [6.07, 6.45) is 2.03. The van der Waals surface area contributed by atoms with E-state index in [4.69, 9.17) is 21.6 Å².